The Morgan fingerprint density at radius 2 is 1.89 bits per heavy atom. The molecule has 1 atom stereocenters. The van der Waals surface area contributed by atoms with Crippen molar-refractivity contribution in [3.63, 3.8) is 0 Å². The van der Waals surface area contributed by atoms with Crippen LogP contribution in [0.4, 0.5) is 0 Å². The Hall–Kier alpha value is -3.09. The molecule has 3 aromatic rings. The van der Waals surface area contributed by atoms with Crippen molar-refractivity contribution in [1.82, 2.24) is 9.55 Å². The van der Waals surface area contributed by atoms with Gasteiger partial charge in [0.2, 0.25) is 0 Å². The van der Waals surface area contributed by atoms with Gasteiger partial charge in [0.15, 0.2) is 5.16 Å². The Morgan fingerprint density at radius 3 is 2.63 bits per heavy atom. The molecule has 0 saturated carbocycles. The molecule has 0 fully saturated rings. The number of fused-ring (bicyclic) bond motifs is 1. The van der Waals surface area contributed by atoms with Gasteiger partial charge in [-0.15, -0.1) is 0 Å². The quantitative estimate of drug-likeness (QED) is 0.476. The molecule has 0 bridgehead atoms. The first-order valence-electron chi connectivity index (χ1n) is 8.63. The summed E-state index contributed by atoms with van der Waals surface area (Å²) < 4.78 is 1.63. The van der Waals surface area contributed by atoms with Crippen molar-refractivity contribution < 1.29 is 0 Å². The van der Waals surface area contributed by atoms with Gasteiger partial charge < -0.3 is 0 Å². The molecule has 1 aromatic heterocycles. The first-order chi connectivity index (χ1) is 13.2. The van der Waals surface area contributed by atoms with Crippen molar-refractivity contribution in [2.75, 3.05) is 5.75 Å². The third-order valence-corrected chi connectivity index (χ3v) is 5.40. The molecule has 0 saturated heterocycles. The highest BCUT2D eigenvalue weighted by atomic mass is 32.2. The summed E-state index contributed by atoms with van der Waals surface area (Å²) in [5.74, 6) is 0.220. The zero-order chi connectivity index (χ0) is 19.2. The highest BCUT2D eigenvalue weighted by molar-refractivity contribution is 7.99. The second-order valence-corrected chi connectivity index (χ2v) is 7.16. The van der Waals surface area contributed by atoms with Crippen molar-refractivity contribution >= 4 is 22.7 Å². The molecule has 0 aliphatic heterocycles. The summed E-state index contributed by atoms with van der Waals surface area (Å²) in [6, 6.07) is 19.3. The van der Waals surface area contributed by atoms with Crippen LogP contribution in [-0.4, -0.2) is 15.3 Å². The van der Waals surface area contributed by atoms with Gasteiger partial charge >= 0.3 is 0 Å². The second kappa shape index (κ2) is 8.53. The van der Waals surface area contributed by atoms with Crippen LogP contribution in [0.15, 0.2) is 58.5 Å². The molecule has 1 heterocycles. The van der Waals surface area contributed by atoms with Crippen LogP contribution in [0.1, 0.15) is 18.4 Å². The lowest BCUT2D eigenvalue weighted by Crippen LogP contribution is -2.22. The van der Waals surface area contributed by atoms with Gasteiger partial charge in [0.05, 0.1) is 34.6 Å². The van der Waals surface area contributed by atoms with E-state index < -0.39 is 0 Å². The Balaban J connectivity index is 2.09. The molecule has 0 amide bonds. The highest BCUT2D eigenvalue weighted by Crippen LogP contribution is 2.25. The van der Waals surface area contributed by atoms with Crippen molar-refractivity contribution in [2.24, 2.45) is 5.92 Å². The van der Waals surface area contributed by atoms with E-state index in [9.17, 15) is 10.1 Å². The fourth-order valence-electron chi connectivity index (χ4n) is 2.83. The first kappa shape index (κ1) is 18.7. The van der Waals surface area contributed by atoms with Gasteiger partial charge in [-0.25, -0.2) is 4.98 Å². The van der Waals surface area contributed by atoms with E-state index in [-0.39, 0.29) is 11.5 Å². The number of hydrogen-bond donors (Lipinski definition) is 0. The van der Waals surface area contributed by atoms with Crippen molar-refractivity contribution in [1.29, 1.82) is 10.5 Å². The molecule has 0 aliphatic carbocycles. The molecule has 0 spiro atoms. The number of thioether (sulfide) groups is 1. The molecule has 27 heavy (non-hydrogen) atoms. The minimum absolute atomic E-state index is 0.122. The average Bonchev–Trinajstić information content (AvgIpc) is 2.69. The maximum absolute atomic E-state index is 13.2. The van der Waals surface area contributed by atoms with Crippen molar-refractivity contribution in [2.45, 2.75) is 24.9 Å². The summed E-state index contributed by atoms with van der Waals surface area (Å²) in [6.45, 7) is 1.95. The van der Waals surface area contributed by atoms with Gasteiger partial charge in [-0.05, 0) is 37.1 Å². The fraction of sp³-hybridized carbons (Fsp3) is 0.238. The summed E-state index contributed by atoms with van der Waals surface area (Å²) in [4.78, 5) is 17.9. The molecule has 6 heteroatoms. The summed E-state index contributed by atoms with van der Waals surface area (Å²) >= 11 is 1.38. The SMILES string of the molecule is Cc1ccccc1-n1c(SC[C@H](C#N)CCC#N)nc2ccccc2c1=O. The smallest absolute Gasteiger partial charge is 0.266 e. The molecule has 0 radical (unpaired) electrons. The molecule has 0 aliphatic rings. The van der Waals surface area contributed by atoms with E-state index in [1.807, 2.05) is 49.4 Å². The van der Waals surface area contributed by atoms with Gasteiger partial charge in [-0.1, -0.05) is 42.1 Å². The van der Waals surface area contributed by atoms with E-state index in [2.05, 4.69) is 12.1 Å². The Bertz CT molecular complexity index is 1110. The summed E-state index contributed by atoms with van der Waals surface area (Å²) in [6.07, 6.45) is 0.858. The van der Waals surface area contributed by atoms with Crippen LogP contribution in [0, 0.1) is 35.5 Å². The lowest BCUT2D eigenvalue weighted by molar-refractivity contribution is 0.682. The van der Waals surface area contributed by atoms with Crippen LogP contribution in [0.25, 0.3) is 16.6 Å². The average molecular weight is 374 g/mol. The largest absolute Gasteiger partial charge is 0.268 e. The Labute approximate surface area is 161 Å². The highest BCUT2D eigenvalue weighted by Gasteiger charge is 2.16. The molecule has 134 valence electrons. The number of aromatic nitrogens is 2. The number of aryl methyl sites for hydroxylation is 1. The first-order valence-corrected chi connectivity index (χ1v) is 9.61. The predicted octanol–water partition coefficient (Wildman–Crippen LogP) is 4.23. The standard InChI is InChI=1S/C21H18N4OS/c1-15-7-2-5-11-19(15)25-20(26)17-9-3-4-10-18(17)24-21(25)27-14-16(13-23)8-6-12-22/h2-5,7,9-11,16H,6,8,14H2,1H3/t16-/m0/s1. The van der Waals surface area contributed by atoms with Gasteiger partial charge in [0.25, 0.3) is 5.56 Å². The molecule has 3 rings (SSSR count). The minimum atomic E-state index is -0.261. The number of benzene rings is 2. The number of rotatable bonds is 6. The molecule has 0 N–H and O–H groups in total. The van der Waals surface area contributed by atoms with E-state index in [1.165, 1.54) is 11.8 Å². The zero-order valence-electron chi connectivity index (χ0n) is 14.9. The van der Waals surface area contributed by atoms with E-state index in [4.69, 9.17) is 10.2 Å². The lowest BCUT2D eigenvalue weighted by Gasteiger charge is -2.15. The fourth-order valence-corrected chi connectivity index (χ4v) is 3.90. The maximum atomic E-state index is 13.2. The number of para-hydroxylation sites is 2. The van der Waals surface area contributed by atoms with Crippen LogP contribution < -0.4 is 5.56 Å². The van der Waals surface area contributed by atoms with E-state index in [0.717, 1.165) is 11.3 Å². The number of nitrogens with zero attached hydrogens (tertiary/aromatic N) is 4. The third kappa shape index (κ3) is 4.02. The van der Waals surface area contributed by atoms with Gasteiger partial charge in [-0.2, -0.15) is 10.5 Å². The van der Waals surface area contributed by atoms with Gasteiger partial charge in [0, 0.05) is 12.2 Å². The Kier molecular flexibility index (Phi) is 5.90. The Morgan fingerprint density at radius 1 is 1.15 bits per heavy atom. The van der Waals surface area contributed by atoms with Crippen molar-refractivity contribution in [3.05, 3.63) is 64.4 Å². The summed E-state index contributed by atoms with van der Waals surface area (Å²) in [7, 11) is 0. The number of hydrogen-bond acceptors (Lipinski definition) is 5. The van der Waals surface area contributed by atoms with Crippen LogP contribution >= 0.6 is 11.8 Å². The van der Waals surface area contributed by atoms with Crippen LogP contribution in [-0.2, 0) is 0 Å². The van der Waals surface area contributed by atoms with Crippen LogP contribution in [0.2, 0.25) is 0 Å². The minimum Gasteiger partial charge on any atom is -0.268 e. The van der Waals surface area contributed by atoms with Crippen molar-refractivity contribution in [3.8, 4) is 17.8 Å². The van der Waals surface area contributed by atoms with Crippen LogP contribution in [0.5, 0.6) is 0 Å². The van der Waals surface area contributed by atoms with E-state index in [1.54, 1.807) is 10.6 Å². The normalized spacial score (nSPS) is 11.7. The van der Waals surface area contributed by atoms with Crippen LogP contribution in [0.3, 0.4) is 0 Å². The lowest BCUT2D eigenvalue weighted by atomic mass is 10.1. The zero-order valence-corrected chi connectivity index (χ0v) is 15.7. The summed E-state index contributed by atoms with van der Waals surface area (Å²) in [5, 5.41) is 19.2. The molecular weight excluding hydrogens is 356 g/mol. The monoisotopic (exact) mass is 374 g/mol. The van der Waals surface area contributed by atoms with E-state index >= 15 is 0 Å². The topological polar surface area (TPSA) is 82.5 Å². The molecule has 5 nitrogen and oxygen atoms in total. The summed E-state index contributed by atoms with van der Waals surface area (Å²) in [5.41, 5.74) is 2.27. The number of nitriles is 2. The predicted molar refractivity (Wildman–Crippen MR) is 107 cm³/mol. The second-order valence-electron chi connectivity index (χ2n) is 6.17. The molecule has 2 aromatic carbocycles. The molecular formula is C21H18N4OS. The maximum Gasteiger partial charge on any atom is 0.266 e. The van der Waals surface area contributed by atoms with Gasteiger partial charge in [0.1, 0.15) is 0 Å². The third-order valence-electron chi connectivity index (χ3n) is 4.30. The van der Waals surface area contributed by atoms with Gasteiger partial charge in [-0.3, -0.25) is 9.36 Å². The van der Waals surface area contributed by atoms with E-state index in [0.29, 0.717) is 34.7 Å². The molecule has 0 unspecified atom stereocenters.